The van der Waals surface area contributed by atoms with Crippen LogP contribution in [0.3, 0.4) is 0 Å². The number of hydrogen-bond donors (Lipinski definition) is 0. The summed E-state index contributed by atoms with van der Waals surface area (Å²) in [7, 11) is 0. The van der Waals surface area contributed by atoms with Crippen LogP contribution in [0, 0.1) is 12.7 Å². The topological polar surface area (TPSA) is 38.1 Å². The molecule has 1 saturated heterocycles. The van der Waals surface area contributed by atoms with E-state index in [-0.39, 0.29) is 17.8 Å². The summed E-state index contributed by atoms with van der Waals surface area (Å²) in [5.74, 6) is -0.103. The molecular weight excluding hydrogens is 281 g/mol. The third-order valence-electron chi connectivity index (χ3n) is 4.16. The molecule has 1 fully saturated rings. The fraction of sp³-hybridized carbons (Fsp3) is 0.412. The second-order valence-corrected chi connectivity index (χ2v) is 5.77. The van der Waals surface area contributed by atoms with Gasteiger partial charge in [0.1, 0.15) is 5.82 Å². The van der Waals surface area contributed by atoms with E-state index >= 15 is 0 Å². The van der Waals surface area contributed by atoms with Gasteiger partial charge in [-0.2, -0.15) is 5.10 Å². The van der Waals surface area contributed by atoms with Crippen molar-refractivity contribution in [2.45, 2.75) is 38.8 Å². The van der Waals surface area contributed by atoms with E-state index in [0.29, 0.717) is 13.0 Å². The molecular formula is C17H20FN3O. The highest BCUT2D eigenvalue weighted by Gasteiger charge is 2.29. The van der Waals surface area contributed by atoms with Gasteiger partial charge >= 0.3 is 0 Å². The van der Waals surface area contributed by atoms with Crippen molar-refractivity contribution in [2.75, 3.05) is 6.54 Å². The summed E-state index contributed by atoms with van der Waals surface area (Å²) in [6.07, 6.45) is 4.27. The highest BCUT2D eigenvalue weighted by Crippen LogP contribution is 2.32. The van der Waals surface area contributed by atoms with Crippen LogP contribution in [0.2, 0.25) is 0 Å². The number of aryl methyl sites for hydroxylation is 2. The normalized spacial score (nSPS) is 17.9. The van der Waals surface area contributed by atoms with Gasteiger partial charge in [-0.15, -0.1) is 0 Å². The van der Waals surface area contributed by atoms with E-state index in [2.05, 4.69) is 5.10 Å². The summed E-state index contributed by atoms with van der Waals surface area (Å²) >= 11 is 0. The van der Waals surface area contributed by atoms with Crippen LogP contribution in [0.5, 0.6) is 0 Å². The highest BCUT2D eigenvalue weighted by atomic mass is 19.1. The van der Waals surface area contributed by atoms with Gasteiger partial charge in [-0.25, -0.2) is 4.39 Å². The number of benzene rings is 1. The molecule has 0 bridgehead atoms. The maximum Gasteiger partial charge on any atom is 0.224 e. The van der Waals surface area contributed by atoms with Gasteiger partial charge in [0.05, 0.1) is 11.7 Å². The van der Waals surface area contributed by atoms with Crippen molar-refractivity contribution in [2.24, 2.45) is 0 Å². The first kappa shape index (κ1) is 14.8. The van der Waals surface area contributed by atoms with Crippen LogP contribution in [0.1, 0.15) is 36.6 Å². The third kappa shape index (κ3) is 3.18. The van der Waals surface area contributed by atoms with Crippen molar-refractivity contribution in [1.29, 1.82) is 0 Å². The smallest absolute Gasteiger partial charge is 0.224 e. The predicted octanol–water partition coefficient (Wildman–Crippen LogP) is 3.08. The zero-order valence-electron chi connectivity index (χ0n) is 12.7. The number of likely N-dealkylation sites (tertiary alicyclic amines) is 1. The molecule has 0 spiro atoms. The van der Waals surface area contributed by atoms with Gasteiger partial charge in [-0.05, 0) is 43.5 Å². The molecule has 1 unspecified atom stereocenters. The molecule has 1 atom stereocenters. The standard InChI is InChI=1S/C17H20FN3O/c1-13-8-11-20(19-13)12-9-17(22)21-10-2-3-16(21)14-4-6-15(18)7-5-14/h4-8,11,16H,2-3,9-10,12H2,1H3. The molecule has 0 saturated carbocycles. The van der Waals surface area contributed by atoms with Crippen LogP contribution in [0.15, 0.2) is 36.5 Å². The maximum absolute atomic E-state index is 13.0. The molecule has 0 aliphatic carbocycles. The monoisotopic (exact) mass is 301 g/mol. The number of nitrogens with zero attached hydrogens (tertiary/aromatic N) is 3. The van der Waals surface area contributed by atoms with E-state index in [1.54, 1.807) is 16.8 Å². The number of amides is 1. The largest absolute Gasteiger partial charge is 0.336 e. The van der Waals surface area contributed by atoms with Gasteiger partial charge in [-0.3, -0.25) is 9.48 Å². The second-order valence-electron chi connectivity index (χ2n) is 5.77. The molecule has 2 aromatic rings. The molecule has 3 rings (SSSR count). The van der Waals surface area contributed by atoms with Crippen molar-refractivity contribution in [3.05, 3.63) is 53.6 Å². The Morgan fingerprint density at radius 1 is 1.32 bits per heavy atom. The van der Waals surface area contributed by atoms with Crippen molar-refractivity contribution in [1.82, 2.24) is 14.7 Å². The second kappa shape index (κ2) is 6.30. The molecule has 5 heteroatoms. The number of carbonyl (C=O) groups is 1. The lowest BCUT2D eigenvalue weighted by molar-refractivity contribution is -0.132. The Kier molecular flexibility index (Phi) is 4.22. The van der Waals surface area contributed by atoms with Gasteiger partial charge in [0.2, 0.25) is 5.91 Å². The Balaban J connectivity index is 1.64. The summed E-state index contributed by atoms with van der Waals surface area (Å²) in [4.78, 5) is 14.4. The first-order valence-corrected chi connectivity index (χ1v) is 7.68. The predicted molar refractivity (Wildman–Crippen MR) is 81.7 cm³/mol. The fourth-order valence-corrected chi connectivity index (χ4v) is 3.04. The Bertz CT molecular complexity index is 650. The summed E-state index contributed by atoms with van der Waals surface area (Å²) in [6.45, 7) is 3.31. The Morgan fingerprint density at radius 2 is 2.09 bits per heavy atom. The van der Waals surface area contributed by atoms with Crippen LogP contribution < -0.4 is 0 Å². The van der Waals surface area contributed by atoms with Crippen LogP contribution in [-0.4, -0.2) is 27.1 Å². The van der Waals surface area contributed by atoms with Gasteiger partial charge in [0.25, 0.3) is 0 Å². The van der Waals surface area contributed by atoms with E-state index < -0.39 is 0 Å². The lowest BCUT2D eigenvalue weighted by Gasteiger charge is -2.25. The lowest BCUT2D eigenvalue weighted by atomic mass is 10.0. The zero-order chi connectivity index (χ0) is 15.5. The molecule has 116 valence electrons. The molecule has 1 amide bonds. The van der Waals surface area contributed by atoms with Crippen molar-refractivity contribution in [3.63, 3.8) is 0 Å². The third-order valence-corrected chi connectivity index (χ3v) is 4.16. The van der Waals surface area contributed by atoms with Crippen LogP contribution in [0.4, 0.5) is 4.39 Å². The first-order chi connectivity index (χ1) is 10.6. The average molecular weight is 301 g/mol. The minimum absolute atomic E-state index is 0.0763. The quantitative estimate of drug-likeness (QED) is 0.870. The molecule has 0 radical (unpaired) electrons. The van der Waals surface area contributed by atoms with Gasteiger partial charge < -0.3 is 4.90 Å². The SMILES string of the molecule is Cc1ccn(CCC(=O)N2CCCC2c2ccc(F)cc2)n1. The summed E-state index contributed by atoms with van der Waals surface area (Å²) < 4.78 is 14.9. The Hall–Kier alpha value is -2.17. The van der Waals surface area contributed by atoms with Crippen LogP contribution >= 0.6 is 0 Å². The number of carbonyl (C=O) groups excluding carboxylic acids is 1. The summed E-state index contributed by atoms with van der Waals surface area (Å²) in [5, 5.41) is 4.30. The van der Waals surface area contributed by atoms with Crippen LogP contribution in [-0.2, 0) is 11.3 Å². The van der Waals surface area contributed by atoms with Gasteiger partial charge in [0.15, 0.2) is 0 Å². The molecule has 22 heavy (non-hydrogen) atoms. The van der Waals surface area contributed by atoms with Crippen molar-refractivity contribution in [3.8, 4) is 0 Å². The molecule has 1 aliphatic heterocycles. The minimum atomic E-state index is -0.242. The number of hydrogen-bond acceptors (Lipinski definition) is 2. The fourth-order valence-electron chi connectivity index (χ4n) is 3.04. The number of aromatic nitrogens is 2. The van der Waals surface area contributed by atoms with E-state index in [4.69, 9.17) is 0 Å². The van der Waals surface area contributed by atoms with E-state index in [1.165, 1.54) is 12.1 Å². The van der Waals surface area contributed by atoms with Crippen LogP contribution in [0.25, 0.3) is 0 Å². The van der Waals surface area contributed by atoms with Gasteiger partial charge in [-0.1, -0.05) is 12.1 Å². The van der Waals surface area contributed by atoms with Crippen molar-refractivity contribution < 1.29 is 9.18 Å². The Labute approximate surface area is 129 Å². The molecule has 0 N–H and O–H groups in total. The minimum Gasteiger partial charge on any atom is -0.336 e. The number of halogens is 1. The highest BCUT2D eigenvalue weighted by molar-refractivity contribution is 5.77. The molecule has 1 aromatic heterocycles. The maximum atomic E-state index is 13.0. The van der Waals surface area contributed by atoms with E-state index in [9.17, 15) is 9.18 Å². The summed E-state index contributed by atoms with van der Waals surface area (Å²) in [5.41, 5.74) is 1.97. The zero-order valence-corrected chi connectivity index (χ0v) is 12.7. The average Bonchev–Trinajstić information content (AvgIpc) is 3.14. The first-order valence-electron chi connectivity index (χ1n) is 7.68. The molecule has 2 heterocycles. The van der Waals surface area contributed by atoms with E-state index in [1.807, 2.05) is 24.1 Å². The molecule has 4 nitrogen and oxygen atoms in total. The van der Waals surface area contributed by atoms with E-state index in [0.717, 1.165) is 30.6 Å². The number of rotatable bonds is 4. The Morgan fingerprint density at radius 3 is 2.77 bits per heavy atom. The molecule has 1 aromatic carbocycles. The molecule has 1 aliphatic rings. The van der Waals surface area contributed by atoms with Gasteiger partial charge in [0, 0.05) is 25.7 Å². The van der Waals surface area contributed by atoms with Crippen molar-refractivity contribution >= 4 is 5.91 Å². The summed E-state index contributed by atoms with van der Waals surface area (Å²) in [6, 6.07) is 8.49. The lowest BCUT2D eigenvalue weighted by Crippen LogP contribution is -2.31.